The Labute approximate surface area is 383 Å². The summed E-state index contributed by atoms with van der Waals surface area (Å²) in [6.45, 7) is 17.6. The van der Waals surface area contributed by atoms with E-state index < -0.39 is 0 Å². The summed E-state index contributed by atoms with van der Waals surface area (Å²) in [5, 5.41) is 16.6. The van der Waals surface area contributed by atoms with Crippen LogP contribution in [0.25, 0.3) is 83.2 Å². The standard InChI is InChI=1S/C57H50N3O2.Pt/c1-55(2,3)40-33-46(52(61)47(34-40)56(4,5)6)54-59-51-43(24-17-25-48(51)60(54)42-22-13-10-14-23-42)37-28-38(30-41(29-37)57(7,8)39-20-11-9-12-21-39)50-53-44(26-27-58-50)45-31-35-18-15-16-19-36(35)32-49(45)62-53;/h9-27,29-34,61H,1-8H3;/q-1;. The first-order valence-electron chi connectivity index (χ1n) is 21.5. The molecule has 0 aliphatic carbocycles. The second kappa shape index (κ2) is 15.5. The molecule has 0 unspecified atom stereocenters. The number of phenols is 1. The number of imidazole rings is 1. The fourth-order valence-corrected chi connectivity index (χ4v) is 8.95. The number of phenolic OH excluding ortho intramolecular Hbond substituents is 1. The molecule has 0 amide bonds. The molecule has 5 nitrogen and oxygen atoms in total. The molecule has 0 fully saturated rings. The van der Waals surface area contributed by atoms with Crippen molar-refractivity contribution in [2.45, 2.75) is 71.6 Å². The van der Waals surface area contributed by atoms with Crippen LogP contribution >= 0.6 is 0 Å². The number of para-hydroxylation sites is 2. The Morgan fingerprint density at radius 1 is 0.587 bits per heavy atom. The molecular weight excluding hydrogens is 954 g/mol. The van der Waals surface area contributed by atoms with Crippen LogP contribution in [0.5, 0.6) is 5.75 Å². The van der Waals surface area contributed by atoms with Crippen molar-refractivity contribution in [1.29, 1.82) is 0 Å². The van der Waals surface area contributed by atoms with Gasteiger partial charge in [-0.15, -0.1) is 29.3 Å². The smallest absolute Gasteiger partial charge is 0.148 e. The zero-order valence-corrected chi connectivity index (χ0v) is 39.2. The van der Waals surface area contributed by atoms with E-state index in [0.29, 0.717) is 11.4 Å². The molecule has 7 aromatic carbocycles. The van der Waals surface area contributed by atoms with Gasteiger partial charge in [0.05, 0.1) is 16.6 Å². The average Bonchev–Trinajstić information content (AvgIpc) is 3.83. The molecule has 0 spiro atoms. The van der Waals surface area contributed by atoms with Gasteiger partial charge < -0.3 is 9.52 Å². The topological polar surface area (TPSA) is 64.1 Å². The van der Waals surface area contributed by atoms with Crippen molar-refractivity contribution in [2.24, 2.45) is 0 Å². The summed E-state index contributed by atoms with van der Waals surface area (Å²) >= 11 is 0. The molecule has 3 heterocycles. The van der Waals surface area contributed by atoms with Crippen LogP contribution in [0.3, 0.4) is 0 Å². The number of rotatable bonds is 6. The third kappa shape index (κ3) is 7.27. The first kappa shape index (κ1) is 42.0. The zero-order chi connectivity index (χ0) is 43.1. The van der Waals surface area contributed by atoms with Crippen LogP contribution in [-0.2, 0) is 37.3 Å². The Morgan fingerprint density at radius 2 is 1.25 bits per heavy atom. The number of benzene rings is 7. The summed E-state index contributed by atoms with van der Waals surface area (Å²) in [6.07, 6.45) is 1.88. The summed E-state index contributed by atoms with van der Waals surface area (Å²) < 4.78 is 8.93. The number of furan rings is 1. The predicted octanol–water partition coefficient (Wildman–Crippen LogP) is 14.9. The molecule has 0 saturated carbocycles. The van der Waals surface area contributed by atoms with Crippen LogP contribution < -0.4 is 0 Å². The molecule has 0 bridgehead atoms. The first-order chi connectivity index (χ1) is 29.7. The molecule has 6 heteroatoms. The quantitative estimate of drug-likeness (QED) is 0.169. The number of aromatic nitrogens is 3. The molecule has 0 atom stereocenters. The van der Waals surface area contributed by atoms with Gasteiger partial charge in [-0.05, 0) is 75.2 Å². The first-order valence-corrected chi connectivity index (χ1v) is 21.5. The van der Waals surface area contributed by atoms with Gasteiger partial charge in [0.15, 0.2) is 0 Å². The maximum Gasteiger partial charge on any atom is 0.148 e. The van der Waals surface area contributed by atoms with E-state index in [1.165, 1.54) is 5.56 Å². The fraction of sp³-hybridized carbons (Fsp3) is 0.193. The van der Waals surface area contributed by atoms with Gasteiger partial charge in [0.25, 0.3) is 0 Å². The van der Waals surface area contributed by atoms with E-state index >= 15 is 0 Å². The molecule has 0 aliphatic heterocycles. The second-order valence-corrected chi connectivity index (χ2v) is 19.2. The monoisotopic (exact) mass is 1000 g/mol. The normalized spacial score (nSPS) is 12.4. The maximum atomic E-state index is 12.3. The third-order valence-corrected chi connectivity index (χ3v) is 12.6. The number of nitrogens with zero attached hydrogens (tertiary/aromatic N) is 3. The molecule has 10 rings (SSSR count). The molecule has 316 valence electrons. The summed E-state index contributed by atoms with van der Waals surface area (Å²) in [4.78, 5) is 10.6. The Balaban J connectivity index is 0.00000504. The van der Waals surface area contributed by atoms with Gasteiger partial charge in [-0.25, -0.2) is 4.98 Å². The largest absolute Gasteiger partial charge is 0.507 e. The molecule has 0 saturated heterocycles. The SMILES string of the molecule is CC(C)(C)c1cc(-c2nc3c(-c4[c-]c(-c5nccc6c5oc5cc7ccccc7cc56)cc(C(C)(C)c5ccccc5)c4)cccc3n2-c2ccccc2)c(O)c(C(C)(C)C)c1.[Pt]. The van der Waals surface area contributed by atoms with Crippen LogP contribution in [0, 0.1) is 6.07 Å². The van der Waals surface area contributed by atoms with Gasteiger partial charge >= 0.3 is 0 Å². The number of aromatic hydroxyl groups is 1. The number of hydrogen-bond donors (Lipinski definition) is 1. The van der Waals surface area contributed by atoms with Gasteiger partial charge in [0, 0.05) is 60.4 Å². The predicted molar refractivity (Wildman–Crippen MR) is 256 cm³/mol. The zero-order valence-electron chi connectivity index (χ0n) is 36.9. The van der Waals surface area contributed by atoms with Crippen LogP contribution in [-0.4, -0.2) is 19.6 Å². The van der Waals surface area contributed by atoms with Crippen molar-refractivity contribution in [2.75, 3.05) is 0 Å². The van der Waals surface area contributed by atoms with E-state index in [1.54, 1.807) is 0 Å². The van der Waals surface area contributed by atoms with Crippen LogP contribution in [0.1, 0.15) is 77.6 Å². The summed E-state index contributed by atoms with van der Waals surface area (Å²) in [6, 6.07) is 54.7. The Hall–Kier alpha value is -6.29. The summed E-state index contributed by atoms with van der Waals surface area (Å²) in [5.41, 5.74) is 11.8. The van der Waals surface area contributed by atoms with Gasteiger partial charge in [-0.2, -0.15) is 0 Å². The van der Waals surface area contributed by atoms with E-state index in [0.717, 1.165) is 88.5 Å². The number of hydrogen-bond acceptors (Lipinski definition) is 4. The molecule has 1 N–H and O–H groups in total. The molecular formula is C57H50N3O2Pt-. The summed E-state index contributed by atoms with van der Waals surface area (Å²) in [5.74, 6) is 0.924. The van der Waals surface area contributed by atoms with E-state index in [2.05, 4.69) is 187 Å². The molecule has 0 radical (unpaired) electrons. The number of pyridine rings is 1. The second-order valence-electron chi connectivity index (χ2n) is 19.2. The van der Waals surface area contributed by atoms with Gasteiger partial charge in [-0.3, -0.25) is 9.55 Å². The van der Waals surface area contributed by atoms with E-state index in [-0.39, 0.29) is 43.1 Å². The minimum Gasteiger partial charge on any atom is -0.507 e. The maximum absolute atomic E-state index is 12.3. The van der Waals surface area contributed by atoms with Crippen molar-refractivity contribution in [3.63, 3.8) is 0 Å². The average molecular weight is 1000 g/mol. The van der Waals surface area contributed by atoms with E-state index in [4.69, 9.17) is 14.4 Å². The molecule has 63 heavy (non-hydrogen) atoms. The van der Waals surface area contributed by atoms with Crippen LogP contribution in [0.4, 0.5) is 0 Å². The van der Waals surface area contributed by atoms with E-state index in [1.807, 2.05) is 30.5 Å². The van der Waals surface area contributed by atoms with Crippen LogP contribution in [0.15, 0.2) is 156 Å². The fourth-order valence-electron chi connectivity index (χ4n) is 8.95. The van der Waals surface area contributed by atoms with Crippen molar-refractivity contribution in [3.8, 4) is 45.2 Å². The van der Waals surface area contributed by atoms with Gasteiger partial charge in [0.1, 0.15) is 22.7 Å². The Kier molecular flexibility index (Phi) is 10.3. The van der Waals surface area contributed by atoms with Crippen molar-refractivity contribution >= 4 is 43.7 Å². The molecule has 10 aromatic rings. The van der Waals surface area contributed by atoms with E-state index in [9.17, 15) is 5.11 Å². The van der Waals surface area contributed by atoms with Gasteiger partial charge in [-0.1, -0.05) is 158 Å². The minimum absolute atomic E-state index is 0. The van der Waals surface area contributed by atoms with Crippen molar-refractivity contribution < 1.29 is 30.6 Å². The third-order valence-electron chi connectivity index (χ3n) is 12.6. The Morgan fingerprint density at radius 3 is 1.95 bits per heavy atom. The van der Waals surface area contributed by atoms with Gasteiger partial charge in [0.2, 0.25) is 0 Å². The van der Waals surface area contributed by atoms with Crippen molar-refractivity contribution in [1.82, 2.24) is 14.5 Å². The molecule has 3 aromatic heterocycles. The number of fused-ring (bicyclic) bond motifs is 5. The summed E-state index contributed by atoms with van der Waals surface area (Å²) in [7, 11) is 0. The minimum atomic E-state index is -0.385. The Bertz CT molecular complexity index is 3350. The van der Waals surface area contributed by atoms with Crippen molar-refractivity contribution in [3.05, 3.63) is 180 Å². The molecule has 0 aliphatic rings. The van der Waals surface area contributed by atoms with Crippen LogP contribution in [0.2, 0.25) is 0 Å².